The Balaban J connectivity index is 1.33. The standard InChI is InChI=1S/C31H33BN2O6/c1-30(2)31(3,4)40-32(39-30)21(14-19-13-20(28(35)36)16-22(33)15-19)17-34-29(37)38-18-27-25-11-7-5-9-23(25)24-10-6-8-12-26(24)27/h5-16,27H,17-18,33H2,1-4H3,(H,34,37)(H,35,36). The van der Waals surface area contributed by atoms with Crippen LogP contribution in [0.3, 0.4) is 0 Å². The molecular weight excluding hydrogens is 507 g/mol. The van der Waals surface area contributed by atoms with Crippen molar-refractivity contribution < 1.29 is 28.7 Å². The first-order chi connectivity index (χ1) is 18.9. The molecule has 1 aliphatic heterocycles. The molecule has 2 aliphatic rings. The number of benzene rings is 3. The van der Waals surface area contributed by atoms with Gasteiger partial charge < -0.3 is 30.2 Å². The summed E-state index contributed by atoms with van der Waals surface area (Å²) in [5.74, 6) is -1.14. The quantitative estimate of drug-likeness (QED) is 0.267. The van der Waals surface area contributed by atoms with Crippen molar-refractivity contribution in [2.75, 3.05) is 18.9 Å². The van der Waals surface area contributed by atoms with Crippen LogP contribution >= 0.6 is 0 Å². The van der Waals surface area contributed by atoms with Gasteiger partial charge in [-0.1, -0.05) is 54.6 Å². The molecule has 0 bridgehead atoms. The summed E-state index contributed by atoms with van der Waals surface area (Å²) >= 11 is 0. The molecular formula is C31H33BN2O6. The number of carboxylic acid groups (broad SMARTS) is 1. The Morgan fingerprint density at radius 2 is 1.55 bits per heavy atom. The van der Waals surface area contributed by atoms with Crippen LogP contribution in [0.2, 0.25) is 0 Å². The number of anilines is 1. The molecule has 1 aliphatic carbocycles. The van der Waals surface area contributed by atoms with E-state index in [0.29, 0.717) is 16.7 Å². The Kier molecular flexibility index (Phi) is 7.20. The Hall–Kier alpha value is -4.08. The summed E-state index contributed by atoms with van der Waals surface area (Å²) in [5, 5.41) is 12.3. The molecule has 0 spiro atoms. The van der Waals surface area contributed by atoms with E-state index in [-0.39, 0.29) is 24.6 Å². The predicted octanol–water partition coefficient (Wildman–Crippen LogP) is 5.52. The number of carbonyl (C=O) groups excluding carboxylic acids is 1. The van der Waals surface area contributed by atoms with Crippen LogP contribution < -0.4 is 11.1 Å². The van der Waals surface area contributed by atoms with Gasteiger partial charge in [-0.15, -0.1) is 0 Å². The van der Waals surface area contributed by atoms with E-state index in [2.05, 4.69) is 29.6 Å². The largest absolute Gasteiger partial charge is 0.492 e. The van der Waals surface area contributed by atoms with E-state index in [1.54, 1.807) is 12.1 Å². The molecule has 5 rings (SSSR count). The second-order valence-corrected chi connectivity index (χ2v) is 11.2. The van der Waals surface area contributed by atoms with Gasteiger partial charge in [-0.2, -0.15) is 0 Å². The van der Waals surface area contributed by atoms with E-state index in [1.165, 1.54) is 12.1 Å². The summed E-state index contributed by atoms with van der Waals surface area (Å²) < 4.78 is 18.2. The molecule has 3 aromatic rings. The molecule has 1 amide bonds. The first-order valence-electron chi connectivity index (χ1n) is 13.2. The molecule has 3 aromatic carbocycles. The van der Waals surface area contributed by atoms with E-state index in [9.17, 15) is 14.7 Å². The third-order valence-corrected chi connectivity index (χ3v) is 7.91. The number of nitrogen functional groups attached to an aromatic ring is 1. The highest BCUT2D eigenvalue weighted by Gasteiger charge is 2.52. The Morgan fingerprint density at radius 3 is 2.12 bits per heavy atom. The van der Waals surface area contributed by atoms with Crippen molar-refractivity contribution in [3.63, 3.8) is 0 Å². The van der Waals surface area contributed by atoms with Crippen LogP contribution in [0.1, 0.15) is 60.7 Å². The van der Waals surface area contributed by atoms with E-state index in [0.717, 1.165) is 22.3 Å². The fraction of sp³-hybridized carbons (Fsp3) is 0.290. The van der Waals surface area contributed by atoms with Crippen molar-refractivity contribution >= 4 is 30.9 Å². The third kappa shape index (κ3) is 5.35. The van der Waals surface area contributed by atoms with Crippen LogP contribution in [0.5, 0.6) is 0 Å². The lowest BCUT2D eigenvalue weighted by atomic mass is 9.77. The summed E-state index contributed by atoms with van der Waals surface area (Å²) in [6, 6.07) is 20.9. The first kappa shape index (κ1) is 27.5. The van der Waals surface area contributed by atoms with E-state index in [4.69, 9.17) is 19.8 Å². The summed E-state index contributed by atoms with van der Waals surface area (Å²) in [6.07, 6.45) is 1.15. The molecule has 8 nitrogen and oxygen atoms in total. The molecule has 1 heterocycles. The van der Waals surface area contributed by atoms with E-state index < -0.39 is 30.4 Å². The van der Waals surface area contributed by atoms with Gasteiger partial charge in [0, 0.05) is 18.2 Å². The molecule has 0 radical (unpaired) electrons. The number of alkyl carbamates (subject to hydrolysis) is 1. The van der Waals surface area contributed by atoms with Crippen LogP contribution in [0.25, 0.3) is 17.2 Å². The highest BCUT2D eigenvalue weighted by Crippen LogP contribution is 2.44. The van der Waals surface area contributed by atoms with Crippen LogP contribution in [0.15, 0.2) is 72.2 Å². The van der Waals surface area contributed by atoms with Crippen LogP contribution in [-0.4, -0.2) is 48.6 Å². The van der Waals surface area contributed by atoms with Gasteiger partial charge in [-0.3, -0.25) is 0 Å². The normalized spacial score (nSPS) is 17.3. The molecule has 9 heteroatoms. The summed E-state index contributed by atoms with van der Waals surface area (Å²) in [7, 11) is -0.770. The van der Waals surface area contributed by atoms with Gasteiger partial charge >= 0.3 is 19.2 Å². The SMILES string of the molecule is CC1(C)OB(C(=Cc2cc(N)cc(C(=O)O)c2)CNC(=O)OCC2c3ccccc3-c3ccccc32)OC1(C)C. The number of nitrogens with one attached hydrogen (secondary N) is 1. The number of nitrogens with two attached hydrogens (primary N) is 1. The lowest BCUT2D eigenvalue weighted by molar-refractivity contribution is 0.00578. The molecule has 1 saturated heterocycles. The summed E-state index contributed by atoms with van der Waals surface area (Å²) in [4.78, 5) is 24.5. The van der Waals surface area contributed by atoms with Crippen LogP contribution in [0, 0.1) is 0 Å². The molecule has 206 valence electrons. The Labute approximate surface area is 234 Å². The average molecular weight is 540 g/mol. The topological polar surface area (TPSA) is 120 Å². The number of carboxylic acids is 1. The Morgan fingerprint density at radius 1 is 0.975 bits per heavy atom. The van der Waals surface area contributed by atoms with Gasteiger partial charge in [-0.05, 0) is 79.2 Å². The maximum Gasteiger partial charge on any atom is 0.492 e. The predicted molar refractivity (Wildman–Crippen MR) is 155 cm³/mol. The van der Waals surface area contributed by atoms with Gasteiger partial charge in [0.15, 0.2) is 0 Å². The number of hydrogen-bond donors (Lipinski definition) is 3. The fourth-order valence-corrected chi connectivity index (χ4v) is 5.12. The van der Waals surface area contributed by atoms with Gasteiger partial charge in [0.05, 0.1) is 16.8 Å². The second kappa shape index (κ2) is 10.5. The highest BCUT2D eigenvalue weighted by atomic mass is 16.7. The minimum Gasteiger partial charge on any atom is -0.478 e. The minimum absolute atomic E-state index is 0.0574. The number of hydrogen-bond acceptors (Lipinski definition) is 6. The van der Waals surface area contributed by atoms with Crippen molar-refractivity contribution in [3.8, 4) is 11.1 Å². The van der Waals surface area contributed by atoms with Gasteiger partial charge in [-0.25, -0.2) is 9.59 Å². The molecule has 40 heavy (non-hydrogen) atoms. The zero-order valence-corrected chi connectivity index (χ0v) is 23.1. The van der Waals surface area contributed by atoms with Gasteiger partial charge in [0.1, 0.15) is 6.61 Å². The smallest absolute Gasteiger partial charge is 0.478 e. The summed E-state index contributed by atoms with van der Waals surface area (Å²) in [5.41, 5.74) is 10.8. The maximum atomic E-state index is 12.9. The minimum atomic E-state index is -1.09. The van der Waals surface area contributed by atoms with Gasteiger partial charge in [0.2, 0.25) is 0 Å². The van der Waals surface area contributed by atoms with Crippen molar-refractivity contribution in [1.29, 1.82) is 0 Å². The van der Waals surface area contributed by atoms with Crippen molar-refractivity contribution in [2.45, 2.75) is 44.8 Å². The number of aromatic carboxylic acids is 1. The molecule has 0 unspecified atom stereocenters. The first-order valence-corrected chi connectivity index (χ1v) is 13.2. The summed E-state index contributed by atoms with van der Waals surface area (Å²) in [6.45, 7) is 8.00. The lowest BCUT2D eigenvalue weighted by Gasteiger charge is -2.32. The molecule has 4 N–H and O–H groups in total. The number of fused-ring (bicyclic) bond motifs is 3. The number of ether oxygens (including phenoxy) is 1. The van der Waals surface area contributed by atoms with E-state index >= 15 is 0 Å². The highest BCUT2D eigenvalue weighted by molar-refractivity contribution is 6.56. The number of rotatable bonds is 7. The fourth-order valence-electron chi connectivity index (χ4n) is 5.12. The second-order valence-electron chi connectivity index (χ2n) is 11.2. The van der Waals surface area contributed by atoms with Crippen molar-refractivity contribution in [2.24, 2.45) is 0 Å². The van der Waals surface area contributed by atoms with E-state index in [1.807, 2.05) is 52.0 Å². The molecule has 0 aromatic heterocycles. The molecule has 0 saturated carbocycles. The Bertz CT molecular complexity index is 1440. The third-order valence-electron chi connectivity index (χ3n) is 7.91. The number of amides is 1. The molecule has 0 atom stereocenters. The average Bonchev–Trinajstić information content (AvgIpc) is 3.33. The zero-order chi connectivity index (χ0) is 28.7. The monoisotopic (exact) mass is 540 g/mol. The maximum absolute atomic E-state index is 12.9. The lowest BCUT2D eigenvalue weighted by Crippen LogP contribution is -2.41. The molecule has 1 fully saturated rings. The number of carbonyl (C=O) groups is 2. The van der Waals surface area contributed by atoms with Gasteiger partial charge in [0.25, 0.3) is 0 Å². The van der Waals surface area contributed by atoms with Crippen LogP contribution in [-0.2, 0) is 14.0 Å². The van der Waals surface area contributed by atoms with Crippen molar-refractivity contribution in [3.05, 3.63) is 94.5 Å². The van der Waals surface area contributed by atoms with Crippen LogP contribution in [0.4, 0.5) is 10.5 Å². The van der Waals surface area contributed by atoms with Crippen molar-refractivity contribution in [1.82, 2.24) is 5.32 Å². The zero-order valence-electron chi connectivity index (χ0n) is 23.1.